The van der Waals surface area contributed by atoms with E-state index >= 15 is 0 Å². The minimum atomic E-state index is 0.892. The second-order valence-electron chi connectivity index (χ2n) is 11.5. The molecule has 0 unspecified atom stereocenters. The Kier molecular flexibility index (Phi) is 6.85. The molecule has 0 saturated heterocycles. The molecule has 0 saturated carbocycles. The number of para-hydroxylation sites is 5. The average molecular weight is 593 g/mol. The lowest BCUT2D eigenvalue weighted by atomic mass is 9.99. The molecule has 8 aromatic rings. The van der Waals surface area contributed by atoms with E-state index in [0.717, 1.165) is 72.3 Å². The monoisotopic (exact) mass is 592 g/mol. The molecule has 2 aromatic heterocycles. The van der Waals surface area contributed by atoms with Crippen LogP contribution in [0.4, 0.5) is 5.69 Å². The summed E-state index contributed by atoms with van der Waals surface area (Å²) in [5.41, 5.74) is 11.4. The van der Waals surface area contributed by atoms with Gasteiger partial charge in [0.2, 0.25) is 0 Å². The first-order valence-corrected chi connectivity index (χ1v) is 15.6. The van der Waals surface area contributed by atoms with Crippen LogP contribution in [0.25, 0.3) is 66.1 Å². The van der Waals surface area contributed by atoms with Gasteiger partial charge in [-0.2, -0.15) is 0 Å². The zero-order valence-corrected chi connectivity index (χ0v) is 25.6. The molecular weight excluding hydrogens is 560 g/mol. The van der Waals surface area contributed by atoms with Crippen LogP contribution < -0.4 is 5.32 Å². The van der Waals surface area contributed by atoms with Crippen LogP contribution in [0.5, 0.6) is 0 Å². The van der Waals surface area contributed by atoms with Gasteiger partial charge >= 0.3 is 0 Å². The van der Waals surface area contributed by atoms with Crippen LogP contribution in [0.15, 0.2) is 174 Å². The lowest BCUT2D eigenvalue weighted by Crippen LogP contribution is -2.02. The van der Waals surface area contributed by atoms with E-state index in [1.54, 1.807) is 0 Å². The molecule has 6 aromatic carbocycles. The molecule has 0 aliphatic rings. The van der Waals surface area contributed by atoms with Crippen LogP contribution in [0, 0.1) is 0 Å². The number of aromatic nitrogens is 1. The Hall–Kier alpha value is -6.06. The number of anilines is 1. The molecule has 3 heteroatoms. The SMILES string of the molecule is C=C/C(=C\C(=C(/C)Nc1ccccc1-c1cccc2c1oc1ccccc12)c1ccccc1)n1c2ccccc2c2ccccc21. The predicted octanol–water partition coefficient (Wildman–Crippen LogP) is 11.9. The quantitative estimate of drug-likeness (QED) is 0.187. The number of nitrogens with zero attached hydrogens (tertiary/aromatic N) is 1. The van der Waals surface area contributed by atoms with E-state index in [4.69, 9.17) is 4.42 Å². The number of hydrogen-bond donors (Lipinski definition) is 1. The number of hydrogen-bond acceptors (Lipinski definition) is 2. The van der Waals surface area contributed by atoms with Gasteiger partial charge in [0, 0.05) is 55.3 Å². The molecule has 0 bridgehead atoms. The van der Waals surface area contributed by atoms with Crippen molar-refractivity contribution >= 4 is 60.7 Å². The van der Waals surface area contributed by atoms with Crippen LogP contribution in [0.2, 0.25) is 0 Å². The Morgan fingerprint density at radius 2 is 1.20 bits per heavy atom. The first kappa shape index (κ1) is 27.5. The first-order valence-electron chi connectivity index (χ1n) is 15.6. The largest absolute Gasteiger partial charge is 0.455 e. The predicted molar refractivity (Wildman–Crippen MR) is 196 cm³/mol. The van der Waals surface area contributed by atoms with Gasteiger partial charge in [0.05, 0.1) is 11.0 Å². The van der Waals surface area contributed by atoms with Gasteiger partial charge in [-0.25, -0.2) is 0 Å². The van der Waals surface area contributed by atoms with Crippen molar-refractivity contribution in [3.05, 3.63) is 176 Å². The molecule has 0 aliphatic heterocycles. The van der Waals surface area contributed by atoms with Crippen molar-refractivity contribution in [2.24, 2.45) is 0 Å². The maximum Gasteiger partial charge on any atom is 0.143 e. The highest BCUT2D eigenvalue weighted by atomic mass is 16.3. The van der Waals surface area contributed by atoms with Crippen molar-refractivity contribution in [3.8, 4) is 11.1 Å². The molecule has 1 N–H and O–H groups in total. The van der Waals surface area contributed by atoms with Crippen LogP contribution >= 0.6 is 0 Å². The number of rotatable bonds is 7. The summed E-state index contributed by atoms with van der Waals surface area (Å²) in [7, 11) is 0. The number of allylic oxidation sites excluding steroid dienone is 5. The van der Waals surface area contributed by atoms with Crippen LogP contribution in [0.1, 0.15) is 12.5 Å². The molecule has 0 aliphatic carbocycles. The van der Waals surface area contributed by atoms with E-state index in [1.165, 1.54) is 10.8 Å². The van der Waals surface area contributed by atoms with Crippen molar-refractivity contribution < 1.29 is 4.42 Å². The fourth-order valence-corrected chi connectivity index (χ4v) is 6.64. The lowest BCUT2D eigenvalue weighted by molar-refractivity contribution is 0.670. The normalized spacial score (nSPS) is 12.6. The van der Waals surface area contributed by atoms with Gasteiger partial charge in [-0.3, -0.25) is 0 Å². The average Bonchev–Trinajstić information content (AvgIpc) is 3.66. The van der Waals surface area contributed by atoms with E-state index in [2.05, 4.69) is 163 Å². The molecule has 0 spiro atoms. The highest BCUT2D eigenvalue weighted by Crippen LogP contribution is 2.39. The third-order valence-corrected chi connectivity index (χ3v) is 8.77. The van der Waals surface area contributed by atoms with Crippen molar-refractivity contribution in [2.45, 2.75) is 6.92 Å². The van der Waals surface area contributed by atoms with E-state index in [0.29, 0.717) is 0 Å². The second kappa shape index (κ2) is 11.5. The summed E-state index contributed by atoms with van der Waals surface area (Å²) in [5, 5.41) is 8.49. The standard InChI is InChI=1S/C43H32N2O/c1-3-31(45-40-25-12-8-19-33(40)34-20-9-13-26-41(34)45)28-38(30-16-5-4-6-17-30)29(2)44-39-24-11-7-18-32(39)36-22-15-23-37-35-21-10-14-27-42(35)46-43(36)37/h3-28,44H,1H2,2H3/b31-28+,38-29-. The smallest absolute Gasteiger partial charge is 0.143 e. The summed E-state index contributed by atoms with van der Waals surface area (Å²) in [4.78, 5) is 0. The van der Waals surface area contributed by atoms with Crippen molar-refractivity contribution in [1.29, 1.82) is 0 Å². The molecule has 0 amide bonds. The molecule has 0 atom stereocenters. The van der Waals surface area contributed by atoms with E-state index in [1.807, 2.05) is 18.2 Å². The molecule has 8 rings (SSSR count). The van der Waals surface area contributed by atoms with Gasteiger partial charge in [0.25, 0.3) is 0 Å². The van der Waals surface area contributed by atoms with Crippen LogP contribution in [0.3, 0.4) is 0 Å². The molecule has 220 valence electrons. The number of fused-ring (bicyclic) bond motifs is 6. The van der Waals surface area contributed by atoms with Crippen molar-refractivity contribution in [1.82, 2.24) is 4.57 Å². The zero-order valence-electron chi connectivity index (χ0n) is 25.6. The Balaban J connectivity index is 1.30. The van der Waals surface area contributed by atoms with Crippen LogP contribution in [-0.2, 0) is 0 Å². The minimum Gasteiger partial charge on any atom is -0.455 e. The van der Waals surface area contributed by atoms with Gasteiger partial charge in [-0.15, -0.1) is 0 Å². The minimum absolute atomic E-state index is 0.892. The highest BCUT2D eigenvalue weighted by Gasteiger charge is 2.16. The third kappa shape index (κ3) is 4.61. The van der Waals surface area contributed by atoms with Gasteiger partial charge in [0.15, 0.2) is 0 Å². The van der Waals surface area contributed by atoms with E-state index in [9.17, 15) is 0 Å². The number of furan rings is 1. The highest BCUT2D eigenvalue weighted by molar-refractivity contribution is 6.12. The number of benzene rings is 6. The van der Waals surface area contributed by atoms with Gasteiger partial charge in [0.1, 0.15) is 11.2 Å². The van der Waals surface area contributed by atoms with Gasteiger partial charge in [-0.05, 0) is 48.9 Å². The van der Waals surface area contributed by atoms with E-state index < -0.39 is 0 Å². The summed E-state index contributed by atoms with van der Waals surface area (Å²) in [6, 6.07) is 50.7. The molecule has 0 fully saturated rings. The third-order valence-electron chi connectivity index (χ3n) is 8.77. The van der Waals surface area contributed by atoms with Crippen molar-refractivity contribution in [2.75, 3.05) is 5.32 Å². The Labute approximate surface area is 268 Å². The van der Waals surface area contributed by atoms with E-state index in [-0.39, 0.29) is 0 Å². The molecule has 46 heavy (non-hydrogen) atoms. The molecule has 2 heterocycles. The summed E-state index contributed by atoms with van der Waals surface area (Å²) in [6.45, 7) is 6.42. The first-order chi connectivity index (χ1) is 22.7. The fourth-order valence-electron chi connectivity index (χ4n) is 6.64. The summed E-state index contributed by atoms with van der Waals surface area (Å²) in [5.74, 6) is 0. The van der Waals surface area contributed by atoms with Gasteiger partial charge in [-0.1, -0.05) is 128 Å². The Morgan fingerprint density at radius 1 is 0.609 bits per heavy atom. The summed E-state index contributed by atoms with van der Waals surface area (Å²) in [6.07, 6.45) is 4.19. The van der Waals surface area contributed by atoms with Crippen LogP contribution in [-0.4, -0.2) is 4.57 Å². The maximum absolute atomic E-state index is 6.43. The molecular formula is C43H32N2O. The summed E-state index contributed by atoms with van der Waals surface area (Å²) >= 11 is 0. The lowest BCUT2D eigenvalue weighted by Gasteiger charge is -2.17. The van der Waals surface area contributed by atoms with Gasteiger partial charge < -0.3 is 14.3 Å². The number of nitrogens with one attached hydrogen (secondary N) is 1. The Morgan fingerprint density at radius 3 is 1.93 bits per heavy atom. The fraction of sp³-hybridized carbons (Fsp3) is 0.0233. The molecule has 3 nitrogen and oxygen atoms in total. The maximum atomic E-state index is 6.43. The summed E-state index contributed by atoms with van der Waals surface area (Å²) < 4.78 is 8.74. The zero-order chi connectivity index (χ0) is 31.0. The Bertz CT molecular complexity index is 2420. The second-order valence-corrected chi connectivity index (χ2v) is 11.5. The topological polar surface area (TPSA) is 30.1 Å². The molecule has 0 radical (unpaired) electrons. The van der Waals surface area contributed by atoms with Crippen molar-refractivity contribution in [3.63, 3.8) is 0 Å².